The van der Waals surface area contributed by atoms with Crippen molar-refractivity contribution < 1.29 is 13.5 Å². The van der Waals surface area contributed by atoms with Crippen LogP contribution in [0.4, 0.5) is 25.8 Å². The van der Waals surface area contributed by atoms with Crippen molar-refractivity contribution in [3.8, 4) is 5.75 Å². The van der Waals surface area contributed by atoms with E-state index in [-0.39, 0.29) is 10.7 Å². The van der Waals surface area contributed by atoms with Crippen molar-refractivity contribution >= 4 is 28.7 Å². The fourth-order valence-electron chi connectivity index (χ4n) is 1.58. The van der Waals surface area contributed by atoms with Crippen molar-refractivity contribution in [2.24, 2.45) is 0 Å². The summed E-state index contributed by atoms with van der Waals surface area (Å²) in [5.41, 5.74) is 6.58. The fraction of sp³-hybridized carbons (Fsp3) is 0.0769. The number of halogens is 3. The molecule has 0 heterocycles. The minimum Gasteiger partial charge on any atom is -0.497 e. The summed E-state index contributed by atoms with van der Waals surface area (Å²) in [7, 11) is 1.51. The van der Waals surface area contributed by atoms with Crippen LogP contribution in [-0.4, -0.2) is 7.11 Å². The van der Waals surface area contributed by atoms with E-state index in [1.54, 1.807) is 18.2 Å². The van der Waals surface area contributed by atoms with Gasteiger partial charge in [-0.2, -0.15) is 0 Å². The molecule has 0 aliphatic carbocycles. The summed E-state index contributed by atoms with van der Waals surface area (Å²) in [6.07, 6.45) is 0. The number of methoxy groups -OCH3 is 1. The maximum atomic E-state index is 13.6. The lowest BCUT2D eigenvalue weighted by Crippen LogP contribution is -2.00. The average Bonchev–Trinajstić information content (AvgIpc) is 2.35. The van der Waals surface area contributed by atoms with Gasteiger partial charge in [-0.3, -0.25) is 0 Å². The van der Waals surface area contributed by atoms with Crippen LogP contribution in [0, 0.1) is 11.6 Å². The third-order valence-electron chi connectivity index (χ3n) is 2.53. The number of nitrogens with one attached hydrogen (secondary N) is 1. The second-order valence-corrected chi connectivity index (χ2v) is 4.23. The molecule has 2 aromatic carbocycles. The Morgan fingerprint density at radius 3 is 2.53 bits per heavy atom. The summed E-state index contributed by atoms with van der Waals surface area (Å²) in [6.45, 7) is 0. The van der Waals surface area contributed by atoms with Crippen LogP contribution < -0.4 is 15.8 Å². The number of nitrogen functional groups attached to an aromatic ring is 1. The van der Waals surface area contributed by atoms with Gasteiger partial charge < -0.3 is 15.8 Å². The number of anilines is 3. The van der Waals surface area contributed by atoms with Gasteiger partial charge in [-0.15, -0.1) is 0 Å². The highest BCUT2D eigenvalue weighted by molar-refractivity contribution is 6.33. The largest absolute Gasteiger partial charge is 0.497 e. The zero-order chi connectivity index (χ0) is 14.0. The molecular formula is C13H11ClF2N2O. The number of benzene rings is 2. The first-order chi connectivity index (χ1) is 9.01. The van der Waals surface area contributed by atoms with Crippen molar-refractivity contribution in [3.63, 3.8) is 0 Å². The lowest BCUT2D eigenvalue weighted by atomic mass is 10.2. The molecule has 0 amide bonds. The summed E-state index contributed by atoms with van der Waals surface area (Å²) in [6, 6.07) is 6.62. The number of nitrogens with two attached hydrogens (primary N) is 1. The Morgan fingerprint density at radius 2 is 1.95 bits per heavy atom. The molecule has 0 bridgehead atoms. The molecule has 0 atom stereocenters. The van der Waals surface area contributed by atoms with Crippen LogP contribution in [0.3, 0.4) is 0 Å². The van der Waals surface area contributed by atoms with E-state index in [9.17, 15) is 8.78 Å². The third-order valence-corrected chi connectivity index (χ3v) is 2.82. The summed E-state index contributed by atoms with van der Waals surface area (Å²) in [4.78, 5) is 0. The Hall–Kier alpha value is -2.01. The van der Waals surface area contributed by atoms with E-state index in [1.807, 2.05) is 0 Å². The van der Waals surface area contributed by atoms with Gasteiger partial charge >= 0.3 is 0 Å². The molecule has 0 radical (unpaired) electrons. The maximum absolute atomic E-state index is 13.6. The molecule has 0 saturated carbocycles. The Kier molecular flexibility index (Phi) is 3.76. The van der Waals surface area contributed by atoms with E-state index >= 15 is 0 Å². The summed E-state index contributed by atoms with van der Waals surface area (Å²) < 4.78 is 31.6. The minimum absolute atomic E-state index is 0.0278. The monoisotopic (exact) mass is 284 g/mol. The molecule has 0 spiro atoms. The number of rotatable bonds is 3. The van der Waals surface area contributed by atoms with Gasteiger partial charge in [0.25, 0.3) is 0 Å². The second-order valence-electron chi connectivity index (χ2n) is 3.82. The van der Waals surface area contributed by atoms with Gasteiger partial charge in [0.1, 0.15) is 11.6 Å². The smallest absolute Gasteiger partial charge is 0.151 e. The van der Waals surface area contributed by atoms with Crippen LogP contribution in [0.1, 0.15) is 0 Å². The van der Waals surface area contributed by atoms with E-state index < -0.39 is 11.6 Å². The molecule has 6 heteroatoms. The highest BCUT2D eigenvalue weighted by Crippen LogP contribution is 2.32. The van der Waals surface area contributed by atoms with Gasteiger partial charge in [-0.05, 0) is 18.2 Å². The normalized spacial score (nSPS) is 10.3. The second kappa shape index (κ2) is 5.32. The summed E-state index contributed by atoms with van der Waals surface area (Å²) in [5, 5.41) is 2.67. The molecule has 0 aromatic heterocycles. The molecule has 100 valence electrons. The molecular weight excluding hydrogens is 274 g/mol. The maximum Gasteiger partial charge on any atom is 0.151 e. The Balaban J connectivity index is 2.36. The van der Waals surface area contributed by atoms with E-state index in [1.165, 1.54) is 7.11 Å². The Bertz CT molecular complexity index is 597. The van der Waals surface area contributed by atoms with E-state index in [0.717, 1.165) is 12.1 Å². The third kappa shape index (κ3) is 2.88. The molecule has 2 rings (SSSR count). The summed E-state index contributed by atoms with van der Waals surface area (Å²) >= 11 is 5.79. The standard InChI is InChI=1S/C13H11ClF2N2O/c1-19-8-2-3-12(11(17)6-8)18-13-9(14)4-7(15)5-10(13)16/h2-6,18H,17H2,1H3. The molecule has 0 saturated heterocycles. The first kappa shape index (κ1) is 13.4. The SMILES string of the molecule is COc1ccc(Nc2c(F)cc(F)cc2Cl)c(N)c1. The molecule has 0 fully saturated rings. The topological polar surface area (TPSA) is 47.3 Å². The van der Waals surface area contributed by atoms with Crippen LogP contribution in [-0.2, 0) is 0 Å². The molecule has 3 nitrogen and oxygen atoms in total. The van der Waals surface area contributed by atoms with Crippen LogP contribution in [0.5, 0.6) is 5.75 Å². The Labute approximate surface area is 113 Å². The predicted molar refractivity (Wildman–Crippen MR) is 72.1 cm³/mol. The van der Waals surface area contributed by atoms with Crippen LogP contribution in [0.25, 0.3) is 0 Å². The van der Waals surface area contributed by atoms with Crippen molar-refractivity contribution in [2.75, 3.05) is 18.2 Å². The molecule has 0 aliphatic rings. The highest BCUT2D eigenvalue weighted by Gasteiger charge is 2.11. The van der Waals surface area contributed by atoms with Crippen molar-refractivity contribution in [3.05, 3.63) is 47.0 Å². The number of hydrogen-bond acceptors (Lipinski definition) is 3. The first-order valence-corrected chi connectivity index (χ1v) is 5.74. The fourth-order valence-corrected chi connectivity index (χ4v) is 1.82. The molecule has 19 heavy (non-hydrogen) atoms. The van der Waals surface area contributed by atoms with Gasteiger partial charge in [0.15, 0.2) is 5.82 Å². The quantitative estimate of drug-likeness (QED) is 0.839. The average molecular weight is 285 g/mol. The predicted octanol–water partition coefficient (Wildman–Crippen LogP) is 3.95. The van der Waals surface area contributed by atoms with Crippen molar-refractivity contribution in [2.45, 2.75) is 0 Å². The first-order valence-electron chi connectivity index (χ1n) is 5.36. The van der Waals surface area contributed by atoms with Crippen molar-refractivity contribution in [1.82, 2.24) is 0 Å². The number of hydrogen-bond donors (Lipinski definition) is 2. The van der Waals surface area contributed by atoms with E-state index in [2.05, 4.69) is 5.32 Å². The molecule has 3 N–H and O–H groups in total. The van der Waals surface area contributed by atoms with Crippen molar-refractivity contribution in [1.29, 1.82) is 0 Å². The lowest BCUT2D eigenvalue weighted by molar-refractivity contribution is 0.415. The van der Waals surface area contributed by atoms with Gasteiger partial charge in [0.2, 0.25) is 0 Å². The molecule has 0 aliphatic heterocycles. The van der Waals surface area contributed by atoms with Gasteiger partial charge in [0, 0.05) is 12.1 Å². The van der Waals surface area contributed by atoms with Crippen LogP contribution in [0.2, 0.25) is 5.02 Å². The highest BCUT2D eigenvalue weighted by atomic mass is 35.5. The van der Waals surface area contributed by atoms with E-state index in [0.29, 0.717) is 17.1 Å². The molecule has 2 aromatic rings. The van der Waals surface area contributed by atoms with Gasteiger partial charge in [-0.1, -0.05) is 11.6 Å². The number of ether oxygens (including phenoxy) is 1. The van der Waals surface area contributed by atoms with E-state index in [4.69, 9.17) is 22.1 Å². The molecule has 0 unspecified atom stereocenters. The zero-order valence-corrected chi connectivity index (χ0v) is 10.8. The lowest BCUT2D eigenvalue weighted by Gasteiger charge is -2.12. The minimum atomic E-state index is -0.791. The summed E-state index contributed by atoms with van der Waals surface area (Å²) in [5.74, 6) is -0.954. The Morgan fingerprint density at radius 1 is 1.21 bits per heavy atom. The van der Waals surface area contributed by atoms with Crippen LogP contribution >= 0.6 is 11.6 Å². The van der Waals surface area contributed by atoms with Crippen LogP contribution in [0.15, 0.2) is 30.3 Å². The van der Waals surface area contributed by atoms with Gasteiger partial charge in [-0.25, -0.2) is 8.78 Å². The zero-order valence-electron chi connectivity index (χ0n) is 10.0. The van der Waals surface area contributed by atoms with Gasteiger partial charge in [0.05, 0.1) is 29.2 Å².